The van der Waals surface area contributed by atoms with Crippen molar-refractivity contribution in [1.29, 1.82) is 0 Å². The summed E-state index contributed by atoms with van der Waals surface area (Å²) in [6.07, 6.45) is 0. The van der Waals surface area contributed by atoms with Gasteiger partial charge in [0.25, 0.3) is 5.91 Å². The predicted molar refractivity (Wildman–Crippen MR) is 79.7 cm³/mol. The first-order valence-electron chi connectivity index (χ1n) is 6.01. The van der Waals surface area contributed by atoms with Gasteiger partial charge in [0.15, 0.2) is 0 Å². The average molecular weight is 293 g/mol. The molecule has 3 nitrogen and oxygen atoms in total. The smallest absolute Gasteiger partial charge is 0.258 e. The maximum atomic E-state index is 14.0. The van der Waals surface area contributed by atoms with Crippen molar-refractivity contribution < 1.29 is 9.18 Å². The van der Waals surface area contributed by atoms with E-state index in [2.05, 4.69) is 5.32 Å². The summed E-state index contributed by atoms with van der Waals surface area (Å²) in [5, 5.41) is 2.99. The molecule has 0 atom stereocenters. The van der Waals surface area contributed by atoms with Gasteiger partial charge in [-0.05, 0) is 49.2 Å². The Balaban J connectivity index is 2.35. The molecule has 1 amide bonds. The van der Waals surface area contributed by atoms with E-state index in [-0.39, 0.29) is 5.56 Å². The van der Waals surface area contributed by atoms with E-state index in [0.29, 0.717) is 22.0 Å². The number of hydrogen-bond donors (Lipinski definition) is 2. The lowest BCUT2D eigenvalue weighted by atomic mass is 10.1. The minimum Gasteiger partial charge on any atom is -0.399 e. The van der Waals surface area contributed by atoms with Crippen LogP contribution in [-0.2, 0) is 0 Å². The summed E-state index contributed by atoms with van der Waals surface area (Å²) in [5.74, 6) is -1.16. The van der Waals surface area contributed by atoms with Crippen LogP contribution >= 0.6 is 11.6 Å². The van der Waals surface area contributed by atoms with Crippen molar-refractivity contribution in [3.8, 4) is 0 Å². The third-order valence-corrected chi connectivity index (χ3v) is 3.22. The standard InChI is InChI=1S/C15H14ClFN2O/c1-8-3-4-12(16)13(5-8)19-15(20)11-7-10(18)6-9(2)14(11)17/h3-7H,18H2,1-2H3,(H,19,20). The summed E-state index contributed by atoms with van der Waals surface area (Å²) in [4.78, 5) is 12.1. The number of nitrogen functional groups attached to an aromatic ring is 1. The normalized spacial score (nSPS) is 10.4. The Hall–Kier alpha value is -2.07. The minimum atomic E-state index is -0.583. The van der Waals surface area contributed by atoms with Crippen LogP contribution in [0.1, 0.15) is 21.5 Å². The van der Waals surface area contributed by atoms with E-state index in [1.165, 1.54) is 12.1 Å². The van der Waals surface area contributed by atoms with Gasteiger partial charge in [-0.3, -0.25) is 4.79 Å². The number of amides is 1. The molecule has 0 fully saturated rings. The molecular weight excluding hydrogens is 279 g/mol. The summed E-state index contributed by atoms with van der Waals surface area (Å²) >= 11 is 6.00. The summed E-state index contributed by atoms with van der Waals surface area (Å²) in [7, 11) is 0. The molecule has 0 aliphatic carbocycles. The lowest BCUT2D eigenvalue weighted by Gasteiger charge is -2.10. The number of aryl methyl sites for hydroxylation is 2. The van der Waals surface area contributed by atoms with Crippen molar-refractivity contribution in [2.75, 3.05) is 11.1 Å². The van der Waals surface area contributed by atoms with E-state index in [0.717, 1.165) is 5.56 Å². The Morgan fingerprint density at radius 3 is 2.65 bits per heavy atom. The van der Waals surface area contributed by atoms with Crippen molar-refractivity contribution in [3.05, 3.63) is 57.9 Å². The molecule has 0 saturated heterocycles. The first kappa shape index (κ1) is 14.3. The fourth-order valence-electron chi connectivity index (χ4n) is 1.89. The van der Waals surface area contributed by atoms with E-state index in [1.807, 2.05) is 13.0 Å². The van der Waals surface area contributed by atoms with Crippen LogP contribution < -0.4 is 11.1 Å². The number of benzene rings is 2. The van der Waals surface area contributed by atoms with Gasteiger partial charge < -0.3 is 11.1 Å². The number of anilines is 2. The van der Waals surface area contributed by atoms with Gasteiger partial charge in [-0.2, -0.15) is 0 Å². The number of hydrogen-bond acceptors (Lipinski definition) is 2. The van der Waals surface area contributed by atoms with E-state index in [4.69, 9.17) is 17.3 Å². The van der Waals surface area contributed by atoms with Gasteiger partial charge >= 0.3 is 0 Å². The molecule has 2 aromatic carbocycles. The number of rotatable bonds is 2. The van der Waals surface area contributed by atoms with Gasteiger partial charge in [0.05, 0.1) is 16.3 Å². The molecule has 0 aromatic heterocycles. The molecule has 0 bridgehead atoms. The van der Waals surface area contributed by atoms with E-state index < -0.39 is 11.7 Å². The molecule has 0 unspecified atom stereocenters. The lowest BCUT2D eigenvalue weighted by molar-refractivity contribution is 0.102. The zero-order valence-electron chi connectivity index (χ0n) is 11.1. The third kappa shape index (κ3) is 2.91. The summed E-state index contributed by atoms with van der Waals surface area (Å²) in [6.45, 7) is 3.43. The maximum absolute atomic E-state index is 14.0. The molecular formula is C15H14ClFN2O. The highest BCUT2D eigenvalue weighted by molar-refractivity contribution is 6.34. The van der Waals surface area contributed by atoms with Crippen LogP contribution in [0.2, 0.25) is 5.02 Å². The Kier molecular flexibility index (Phi) is 3.95. The van der Waals surface area contributed by atoms with Crippen molar-refractivity contribution >= 4 is 28.9 Å². The van der Waals surface area contributed by atoms with Gasteiger partial charge in [-0.15, -0.1) is 0 Å². The number of carbonyl (C=O) groups is 1. The van der Waals surface area contributed by atoms with Gasteiger partial charge in [0.1, 0.15) is 5.82 Å². The average Bonchev–Trinajstić information content (AvgIpc) is 2.38. The second-order valence-corrected chi connectivity index (χ2v) is 5.04. The molecule has 5 heteroatoms. The van der Waals surface area contributed by atoms with Gasteiger partial charge in [0.2, 0.25) is 0 Å². The largest absolute Gasteiger partial charge is 0.399 e. The summed E-state index contributed by atoms with van der Waals surface area (Å²) < 4.78 is 14.0. The minimum absolute atomic E-state index is 0.0972. The molecule has 0 aliphatic rings. The van der Waals surface area contributed by atoms with Crippen LogP contribution in [0.3, 0.4) is 0 Å². The number of halogens is 2. The van der Waals surface area contributed by atoms with Crippen LogP contribution in [0, 0.1) is 19.7 Å². The molecule has 0 aliphatic heterocycles. The van der Waals surface area contributed by atoms with Gasteiger partial charge in [-0.1, -0.05) is 17.7 Å². The van der Waals surface area contributed by atoms with Crippen molar-refractivity contribution in [2.45, 2.75) is 13.8 Å². The predicted octanol–water partition coefficient (Wildman–Crippen LogP) is 3.93. The van der Waals surface area contributed by atoms with Crippen LogP contribution in [-0.4, -0.2) is 5.91 Å². The highest BCUT2D eigenvalue weighted by Crippen LogP contribution is 2.24. The summed E-state index contributed by atoms with van der Waals surface area (Å²) in [6, 6.07) is 8.00. The first-order valence-corrected chi connectivity index (χ1v) is 6.39. The topological polar surface area (TPSA) is 55.1 Å². The van der Waals surface area contributed by atoms with Crippen LogP contribution in [0.25, 0.3) is 0 Å². The zero-order valence-corrected chi connectivity index (χ0v) is 11.9. The fraction of sp³-hybridized carbons (Fsp3) is 0.133. The molecule has 20 heavy (non-hydrogen) atoms. The molecule has 2 rings (SSSR count). The molecule has 0 saturated carbocycles. The molecule has 0 radical (unpaired) electrons. The number of nitrogens with two attached hydrogens (primary N) is 1. The molecule has 0 spiro atoms. The first-order chi connectivity index (χ1) is 9.38. The van der Waals surface area contributed by atoms with Crippen molar-refractivity contribution in [2.24, 2.45) is 0 Å². The highest BCUT2D eigenvalue weighted by atomic mass is 35.5. The van der Waals surface area contributed by atoms with E-state index >= 15 is 0 Å². The van der Waals surface area contributed by atoms with Crippen LogP contribution in [0.5, 0.6) is 0 Å². The van der Waals surface area contributed by atoms with Crippen LogP contribution in [0.15, 0.2) is 30.3 Å². The third-order valence-electron chi connectivity index (χ3n) is 2.89. The molecule has 2 aromatic rings. The van der Waals surface area contributed by atoms with Crippen molar-refractivity contribution in [3.63, 3.8) is 0 Å². The van der Waals surface area contributed by atoms with Crippen molar-refractivity contribution in [1.82, 2.24) is 0 Å². The van der Waals surface area contributed by atoms with Crippen LogP contribution in [0.4, 0.5) is 15.8 Å². The Morgan fingerprint density at radius 2 is 1.95 bits per heavy atom. The Bertz CT molecular complexity index is 686. The SMILES string of the molecule is Cc1ccc(Cl)c(NC(=O)c2cc(N)cc(C)c2F)c1. The lowest BCUT2D eigenvalue weighted by Crippen LogP contribution is -2.15. The Labute approximate surface area is 121 Å². The quantitative estimate of drug-likeness (QED) is 0.824. The maximum Gasteiger partial charge on any atom is 0.258 e. The number of carbonyl (C=O) groups excluding carboxylic acids is 1. The highest BCUT2D eigenvalue weighted by Gasteiger charge is 2.16. The number of nitrogens with one attached hydrogen (secondary N) is 1. The summed E-state index contributed by atoms with van der Waals surface area (Å²) in [5.41, 5.74) is 7.59. The molecule has 3 N–H and O–H groups in total. The zero-order chi connectivity index (χ0) is 14.9. The van der Waals surface area contributed by atoms with E-state index in [9.17, 15) is 9.18 Å². The van der Waals surface area contributed by atoms with Gasteiger partial charge in [0, 0.05) is 5.69 Å². The second-order valence-electron chi connectivity index (χ2n) is 4.64. The van der Waals surface area contributed by atoms with Gasteiger partial charge in [-0.25, -0.2) is 4.39 Å². The monoisotopic (exact) mass is 292 g/mol. The molecule has 0 heterocycles. The molecule has 104 valence electrons. The second kappa shape index (κ2) is 5.51. The Morgan fingerprint density at radius 1 is 1.25 bits per heavy atom. The fourth-order valence-corrected chi connectivity index (χ4v) is 2.05. The van der Waals surface area contributed by atoms with E-state index in [1.54, 1.807) is 19.1 Å².